The fourth-order valence-corrected chi connectivity index (χ4v) is 7.07. The highest BCUT2D eigenvalue weighted by Crippen LogP contribution is 2.43. The summed E-state index contributed by atoms with van der Waals surface area (Å²) in [5, 5.41) is 8.92. The van der Waals surface area contributed by atoms with Crippen molar-refractivity contribution in [2.75, 3.05) is 26.4 Å². The van der Waals surface area contributed by atoms with Crippen LogP contribution in [0.1, 0.15) is 187 Å². The SMILES string of the molecule is CC/C=C\C/C=C\C/C=C\C/C=C\C/C=C\C/C=C\C/C=C\CCCC(=O)OC(COCCCCCCCCCC/C=C\CCCCCCCCC)COP(=O)(O)OCC(N)C(=O)O. The first kappa shape index (κ1) is 60.9. The number of nitrogens with two attached hydrogens (primary N) is 1. The predicted molar refractivity (Wildman–Crippen MR) is 267 cm³/mol. The second-order valence-corrected chi connectivity index (χ2v) is 17.7. The van der Waals surface area contributed by atoms with Gasteiger partial charge in [-0.05, 0) is 89.9 Å². The Morgan fingerprint density at radius 3 is 1.38 bits per heavy atom. The molecule has 3 atom stereocenters. The number of rotatable bonds is 46. The molecule has 366 valence electrons. The zero-order chi connectivity index (χ0) is 46.9. The maximum Gasteiger partial charge on any atom is 0.472 e. The number of carboxylic acid groups (broad SMARTS) is 1. The third-order valence-electron chi connectivity index (χ3n) is 10.1. The largest absolute Gasteiger partial charge is 0.480 e. The summed E-state index contributed by atoms with van der Waals surface area (Å²) in [6.45, 7) is 3.68. The molecule has 0 heterocycles. The molecule has 0 aliphatic carbocycles. The summed E-state index contributed by atoms with van der Waals surface area (Å²) in [5.41, 5.74) is 5.37. The van der Waals surface area contributed by atoms with E-state index < -0.39 is 45.1 Å². The van der Waals surface area contributed by atoms with Crippen LogP contribution >= 0.6 is 7.82 Å². The van der Waals surface area contributed by atoms with E-state index in [1.807, 2.05) is 6.08 Å². The van der Waals surface area contributed by atoms with E-state index in [-0.39, 0.29) is 13.0 Å². The van der Waals surface area contributed by atoms with Crippen LogP contribution in [0.25, 0.3) is 0 Å². The highest BCUT2D eigenvalue weighted by molar-refractivity contribution is 7.47. The Kier molecular flexibility index (Phi) is 45.5. The third kappa shape index (κ3) is 46.9. The lowest BCUT2D eigenvalue weighted by Gasteiger charge is -2.20. The van der Waals surface area contributed by atoms with Gasteiger partial charge in [0.25, 0.3) is 0 Å². The van der Waals surface area contributed by atoms with Gasteiger partial charge in [-0.1, -0.05) is 188 Å². The van der Waals surface area contributed by atoms with Gasteiger partial charge in [-0.15, -0.1) is 0 Å². The molecule has 0 spiro atoms. The summed E-state index contributed by atoms with van der Waals surface area (Å²) in [7, 11) is -4.64. The number of esters is 1. The van der Waals surface area contributed by atoms with Crippen LogP contribution in [0.15, 0.2) is 97.2 Å². The van der Waals surface area contributed by atoms with Crippen LogP contribution in [0.2, 0.25) is 0 Å². The van der Waals surface area contributed by atoms with Crippen molar-refractivity contribution < 1.29 is 42.7 Å². The minimum atomic E-state index is -4.64. The zero-order valence-corrected chi connectivity index (χ0v) is 41.0. The highest BCUT2D eigenvalue weighted by Gasteiger charge is 2.27. The van der Waals surface area contributed by atoms with Crippen molar-refractivity contribution in [3.05, 3.63) is 97.2 Å². The summed E-state index contributed by atoms with van der Waals surface area (Å²) in [6.07, 6.45) is 63.3. The van der Waals surface area contributed by atoms with Gasteiger partial charge in [0, 0.05) is 13.0 Å². The van der Waals surface area contributed by atoms with Crippen molar-refractivity contribution in [3.63, 3.8) is 0 Å². The maximum absolute atomic E-state index is 12.7. The first-order valence-corrected chi connectivity index (χ1v) is 26.3. The molecular weight excluding hydrogens is 826 g/mol. The molecule has 0 radical (unpaired) electrons. The second kappa shape index (κ2) is 47.8. The summed E-state index contributed by atoms with van der Waals surface area (Å²) in [4.78, 5) is 33.6. The lowest BCUT2D eigenvalue weighted by atomic mass is 10.1. The number of phosphoric acid groups is 1. The maximum atomic E-state index is 12.7. The highest BCUT2D eigenvalue weighted by atomic mass is 31.2. The molecule has 3 unspecified atom stereocenters. The Morgan fingerprint density at radius 1 is 0.516 bits per heavy atom. The van der Waals surface area contributed by atoms with E-state index >= 15 is 0 Å². The molecule has 0 aromatic heterocycles. The number of carbonyl (C=O) groups is 2. The number of carboxylic acids is 1. The van der Waals surface area contributed by atoms with Gasteiger partial charge in [-0.2, -0.15) is 0 Å². The van der Waals surface area contributed by atoms with Crippen molar-refractivity contribution in [2.24, 2.45) is 5.73 Å². The van der Waals surface area contributed by atoms with Crippen molar-refractivity contribution in [1.29, 1.82) is 0 Å². The van der Waals surface area contributed by atoms with Gasteiger partial charge in [-0.3, -0.25) is 18.6 Å². The van der Waals surface area contributed by atoms with E-state index in [1.54, 1.807) is 0 Å². The minimum Gasteiger partial charge on any atom is -0.480 e. The normalized spacial score (nSPS) is 14.6. The van der Waals surface area contributed by atoms with E-state index in [1.165, 1.54) is 89.9 Å². The van der Waals surface area contributed by atoms with Crippen LogP contribution in [-0.2, 0) is 32.7 Å². The molecule has 0 fully saturated rings. The van der Waals surface area contributed by atoms with E-state index in [9.17, 15) is 19.0 Å². The summed E-state index contributed by atoms with van der Waals surface area (Å²) in [5.74, 6) is -1.85. The minimum absolute atomic E-state index is 0.0142. The topological polar surface area (TPSA) is 155 Å². The Bertz CT molecular complexity index is 1380. The molecule has 10 nitrogen and oxygen atoms in total. The van der Waals surface area contributed by atoms with Crippen molar-refractivity contribution in [1.82, 2.24) is 0 Å². The summed E-state index contributed by atoms with van der Waals surface area (Å²) in [6, 6.07) is -1.49. The van der Waals surface area contributed by atoms with Crippen LogP contribution in [0.3, 0.4) is 0 Å². The quantitative estimate of drug-likeness (QED) is 0.0233. The van der Waals surface area contributed by atoms with E-state index in [0.29, 0.717) is 19.4 Å². The average molecular weight is 916 g/mol. The van der Waals surface area contributed by atoms with Crippen molar-refractivity contribution >= 4 is 19.8 Å². The molecular formula is C53H90NO9P. The standard InChI is InChI=1S/C53H90NO9P/c1-3-5-7-9-11-13-15-17-19-21-23-24-25-26-27-29-31-33-35-37-39-41-43-45-52(55)63-50(48-61-64(58,59)62-49-51(54)53(56)57)47-60-46-44-42-40-38-36-34-32-30-28-22-20-18-16-14-12-10-8-6-4-2/h5,7,11,13,17,19-20,22-24,26-27,31,33,37,39,50-51H,3-4,6,8-10,12,14-16,18,21,25,28-30,32,34-36,38,40-49,54H2,1-2H3,(H,56,57)(H,58,59)/b7-5-,13-11-,19-17-,22-20-,24-23-,27-26-,33-31-,39-37-. The fourth-order valence-electron chi connectivity index (χ4n) is 6.29. The average Bonchev–Trinajstić information content (AvgIpc) is 3.28. The molecule has 11 heteroatoms. The van der Waals surface area contributed by atoms with Crippen molar-refractivity contribution in [3.8, 4) is 0 Å². The molecule has 4 N–H and O–H groups in total. The first-order valence-electron chi connectivity index (χ1n) is 24.8. The molecule has 0 rings (SSSR count). The number of carbonyl (C=O) groups excluding carboxylic acids is 1. The predicted octanol–water partition coefficient (Wildman–Crippen LogP) is 14.5. The molecule has 0 aliphatic heterocycles. The van der Waals surface area contributed by atoms with E-state index in [2.05, 4.69) is 105 Å². The Balaban J connectivity index is 4.31. The number of unbranched alkanes of at least 4 members (excludes halogenated alkanes) is 16. The van der Waals surface area contributed by atoms with Crippen LogP contribution in [0.5, 0.6) is 0 Å². The third-order valence-corrected chi connectivity index (χ3v) is 11.0. The van der Waals surface area contributed by atoms with Gasteiger partial charge in [0.05, 0.1) is 19.8 Å². The van der Waals surface area contributed by atoms with Gasteiger partial charge in [0.1, 0.15) is 12.1 Å². The van der Waals surface area contributed by atoms with Crippen molar-refractivity contribution in [2.45, 2.75) is 199 Å². The molecule has 0 aromatic carbocycles. The number of phosphoric ester groups is 1. The zero-order valence-electron chi connectivity index (χ0n) is 40.1. The van der Waals surface area contributed by atoms with E-state index in [0.717, 1.165) is 64.2 Å². The molecule has 0 bridgehead atoms. The number of ether oxygens (including phenoxy) is 2. The molecule has 0 aliphatic rings. The lowest BCUT2D eigenvalue weighted by Crippen LogP contribution is -2.34. The van der Waals surface area contributed by atoms with E-state index in [4.69, 9.17) is 29.4 Å². The van der Waals surface area contributed by atoms with Gasteiger partial charge in [0.2, 0.25) is 0 Å². The van der Waals surface area contributed by atoms with Gasteiger partial charge >= 0.3 is 19.8 Å². The monoisotopic (exact) mass is 916 g/mol. The number of hydrogen-bond donors (Lipinski definition) is 3. The molecule has 0 saturated carbocycles. The van der Waals surface area contributed by atoms with Crippen LogP contribution in [-0.4, -0.2) is 60.5 Å². The van der Waals surface area contributed by atoms with Crippen LogP contribution in [0.4, 0.5) is 0 Å². The van der Waals surface area contributed by atoms with Crippen LogP contribution < -0.4 is 5.73 Å². The smallest absolute Gasteiger partial charge is 0.472 e. The second-order valence-electron chi connectivity index (χ2n) is 16.2. The molecule has 0 aromatic rings. The Labute approximate surface area is 389 Å². The van der Waals surface area contributed by atoms with Gasteiger partial charge in [0.15, 0.2) is 0 Å². The molecule has 0 amide bonds. The summed E-state index contributed by atoms with van der Waals surface area (Å²) < 4.78 is 33.4. The first-order chi connectivity index (χ1) is 31.2. The van der Waals surface area contributed by atoms with Crippen LogP contribution in [0, 0.1) is 0 Å². The summed E-state index contributed by atoms with van der Waals surface area (Å²) >= 11 is 0. The number of allylic oxidation sites excluding steroid dienone is 16. The fraction of sp³-hybridized carbons (Fsp3) is 0.660. The number of hydrogen-bond acceptors (Lipinski definition) is 8. The van der Waals surface area contributed by atoms with Gasteiger partial charge in [-0.25, -0.2) is 4.57 Å². The Morgan fingerprint density at radius 2 is 0.906 bits per heavy atom. The Hall–Kier alpha value is -3.11. The molecule has 0 saturated heterocycles. The molecule has 64 heavy (non-hydrogen) atoms. The van der Waals surface area contributed by atoms with Gasteiger partial charge < -0.3 is 25.2 Å². The number of aliphatic carboxylic acids is 1. The lowest BCUT2D eigenvalue weighted by molar-refractivity contribution is -0.154.